The Morgan fingerprint density at radius 3 is 1.00 bits per heavy atom. The summed E-state index contributed by atoms with van der Waals surface area (Å²) >= 11 is 0. The van der Waals surface area contributed by atoms with E-state index in [1.807, 2.05) is 12.2 Å². The molecule has 0 spiro atoms. The molecule has 0 aliphatic carbocycles. The van der Waals surface area contributed by atoms with Crippen molar-refractivity contribution in [2.75, 3.05) is 13.2 Å². The van der Waals surface area contributed by atoms with Crippen LogP contribution in [0.5, 0.6) is 0 Å². The number of carbonyl (C=O) groups excluding carboxylic acids is 3. The van der Waals surface area contributed by atoms with Gasteiger partial charge in [-0.1, -0.05) is 217 Å². The van der Waals surface area contributed by atoms with Gasteiger partial charge < -0.3 is 14.2 Å². The van der Waals surface area contributed by atoms with Crippen molar-refractivity contribution < 1.29 is 28.6 Å². The summed E-state index contributed by atoms with van der Waals surface area (Å²) < 4.78 is 16.6. The lowest BCUT2D eigenvalue weighted by Gasteiger charge is -2.18. The van der Waals surface area contributed by atoms with Crippen molar-refractivity contribution in [3.05, 3.63) is 170 Å². The quantitative estimate of drug-likeness (QED) is 0.0262. The van der Waals surface area contributed by atoms with Crippen LogP contribution in [0.4, 0.5) is 0 Å². The summed E-state index contributed by atoms with van der Waals surface area (Å²) in [4.78, 5) is 37.9. The van der Waals surface area contributed by atoms with Crippen LogP contribution in [0.25, 0.3) is 0 Å². The van der Waals surface area contributed by atoms with Gasteiger partial charge in [0.15, 0.2) is 6.10 Å². The molecule has 0 amide bonds. The Labute approximate surface area is 428 Å². The summed E-state index contributed by atoms with van der Waals surface area (Å²) in [7, 11) is 0. The van der Waals surface area contributed by atoms with E-state index in [-0.39, 0.29) is 38.0 Å². The first kappa shape index (κ1) is 64.8. The fourth-order valence-electron chi connectivity index (χ4n) is 6.46. The van der Waals surface area contributed by atoms with Crippen LogP contribution in [-0.2, 0) is 28.6 Å². The van der Waals surface area contributed by atoms with Crippen LogP contribution in [-0.4, -0.2) is 37.2 Å². The minimum Gasteiger partial charge on any atom is -0.462 e. The second-order valence-electron chi connectivity index (χ2n) is 17.0. The molecule has 0 bridgehead atoms. The van der Waals surface area contributed by atoms with E-state index in [9.17, 15) is 14.4 Å². The van der Waals surface area contributed by atoms with Crippen molar-refractivity contribution >= 4 is 17.9 Å². The van der Waals surface area contributed by atoms with Crippen LogP contribution < -0.4 is 0 Å². The summed E-state index contributed by atoms with van der Waals surface area (Å²) in [5.41, 5.74) is 0. The second-order valence-corrected chi connectivity index (χ2v) is 17.0. The maximum absolute atomic E-state index is 12.7. The van der Waals surface area contributed by atoms with Gasteiger partial charge in [0.1, 0.15) is 13.2 Å². The van der Waals surface area contributed by atoms with Gasteiger partial charge in [0.25, 0.3) is 0 Å². The average Bonchev–Trinajstić information content (AvgIpc) is 3.36. The number of carbonyl (C=O) groups is 3. The molecule has 388 valence electrons. The summed E-state index contributed by atoms with van der Waals surface area (Å²) in [6.07, 6.45) is 83.8. The van der Waals surface area contributed by atoms with Crippen molar-refractivity contribution in [1.29, 1.82) is 0 Å². The minimum atomic E-state index is -0.850. The lowest BCUT2D eigenvalue weighted by atomic mass is 10.1. The molecule has 0 saturated carbocycles. The van der Waals surface area contributed by atoms with Gasteiger partial charge in [0.2, 0.25) is 0 Å². The molecule has 1 atom stereocenters. The van der Waals surface area contributed by atoms with E-state index in [4.69, 9.17) is 14.2 Å². The van der Waals surface area contributed by atoms with Crippen LogP contribution in [0, 0.1) is 0 Å². The molecule has 70 heavy (non-hydrogen) atoms. The summed E-state index contributed by atoms with van der Waals surface area (Å²) in [5.74, 6) is -1.11. The summed E-state index contributed by atoms with van der Waals surface area (Å²) in [6.45, 7) is 6.19. The molecule has 0 aliphatic heterocycles. The maximum Gasteiger partial charge on any atom is 0.306 e. The standard InChI is InChI=1S/C64H96O6/c1-4-7-10-13-16-19-22-24-25-26-27-28-29-30-31-32-33-34-35-36-37-38-39-41-42-45-48-51-54-57-63(66)69-60-61(59-68-62(65)56-53-50-47-44-21-18-15-12-9-6-3)70-64(67)58-55-52-49-46-43-40-23-20-17-14-11-8-5-2/h7-8,10-12,15-17,19-20,24-25,27-28,30-31,33-34,36-37,39-41,43,45,48-49,52,61H,4-6,9,13-14,18,21-23,26,29,32,35,38,42,44,46-47,50-51,53-60H2,1-3H3/b10-7-,11-8-,15-12-,19-16-,20-17-,25-24-,28-27-,31-30-,34-33-,37-36-,41-39-,43-40-,48-45-,52-49-. The predicted molar refractivity (Wildman–Crippen MR) is 301 cm³/mol. The Bertz CT molecular complexity index is 1670. The largest absolute Gasteiger partial charge is 0.462 e. The summed E-state index contributed by atoms with van der Waals surface area (Å²) in [5, 5.41) is 0. The van der Waals surface area contributed by atoms with Gasteiger partial charge in [0.05, 0.1) is 0 Å². The Kier molecular flexibility index (Phi) is 52.1. The van der Waals surface area contributed by atoms with Crippen molar-refractivity contribution in [2.24, 2.45) is 0 Å². The molecule has 0 rings (SSSR count). The van der Waals surface area contributed by atoms with E-state index < -0.39 is 12.1 Å². The number of hydrogen-bond donors (Lipinski definition) is 0. The third kappa shape index (κ3) is 53.7. The smallest absolute Gasteiger partial charge is 0.306 e. The first-order valence-electron chi connectivity index (χ1n) is 27.1. The monoisotopic (exact) mass is 961 g/mol. The summed E-state index contributed by atoms with van der Waals surface area (Å²) in [6, 6.07) is 0. The number of unbranched alkanes of at least 4 members (excludes halogenated alkanes) is 7. The van der Waals surface area contributed by atoms with E-state index in [1.165, 1.54) is 12.8 Å². The topological polar surface area (TPSA) is 78.9 Å². The molecule has 0 aromatic rings. The van der Waals surface area contributed by atoms with Crippen LogP contribution in [0.15, 0.2) is 170 Å². The lowest BCUT2D eigenvalue weighted by molar-refractivity contribution is -0.166. The number of hydrogen-bond acceptors (Lipinski definition) is 6. The van der Waals surface area contributed by atoms with E-state index in [2.05, 4.69) is 179 Å². The highest BCUT2D eigenvalue weighted by Crippen LogP contribution is 2.11. The fourth-order valence-corrected chi connectivity index (χ4v) is 6.46. The molecule has 1 unspecified atom stereocenters. The zero-order chi connectivity index (χ0) is 50.7. The van der Waals surface area contributed by atoms with Crippen molar-refractivity contribution in [3.63, 3.8) is 0 Å². The Morgan fingerprint density at radius 2 is 0.600 bits per heavy atom. The van der Waals surface area contributed by atoms with Gasteiger partial charge in [-0.3, -0.25) is 14.4 Å². The highest BCUT2D eigenvalue weighted by molar-refractivity contribution is 5.71. The average molecular weight is 961 g/mol. The van der Waals surface area contributed by atoms with Gasteiger partial charge in [0, 0.05) is 19.3 Å². The number of esters is 3. The SMILES string of the molecule is CC/C=C\C/C=C\C/C=C\C/C=C\C/C=C\C/C=C\C/C=C\C/C=C\C/C=C\CCCC(=O)OCC(COC(=O)CCCCCCC/C=C\CCC)OC(=O)CC/C=C\C/C=C\C/C=C\C/C=C\CC. The van der Waals surface area contributed by atoms with E-state index in [0.717, 1.165) is 128 Å². The van der Waals surface area contributed by atoms with Crippen LogP contribution in [0.1, 0.15) is 194 Å². The minimum absolute atomic E-state index is 0.137. The Balaban J connectivity index is 4.46. The number of allylic oxidation sites excluding steroid dienone is 28. The second kappa shape index (κ2) is 56.4. The molecule has 0 heterocycles. The van der Waals surface area contributed by atoms with Crippen molar-refractivity contribution in [3.8, 4) is 0 Å². The lowest BCUT2D eigenvalue weighted by Crippen LogP contribution is -2.30. The normalized spacial score (nSPS) is 13.5. The van der Waals surface area contributed by atoms with E-state index in [1.54, 1.807) is 0 Å². The molecule has 0 aromatic carbocycles. The molecule has 0 radical (unpaired) electrons. The van der Waals surface area contributed by atoms with Crippen LogP contribution in [0.3, 0.4) is 0 Å². The van der Waals surface area contributed by atoms with Crippen LogP contribution in [0.2, 0.25) is 0 Å². The molecule has 6 nitrogen and oxygen atoms in total. The van der Waals surface area contributed by atoms with Crippen LogP contribution >= 0.6 is 0 Å². The third-order valence-corrected chi connectivity index (χ3v) is 10.4. The fraction of sp³-hybridized carbons (Fsp3) is 0.516. The Morgan fingerprint density at radius 1 is 0.300 bits per heavy atom. The number of rotatable bonds is 46. The molecular weight excluding hydrogens is 865 g/mol. The molecular formula is C64H96O6. The molecule has 0 fully saturated rings. The highest BCUT2D eigenvalue weighted by atomic mass is 16.6. The number of ether oxygens (including phenoxy) is 3. The van der Waals surface area contributed by atoms with Gasteiger partial charge in [-0.15, -0.1) is 0 Å². The van der Waals surface area contributed by atoms with Gasteiger partial charge in [-0.05, 0) is 128 Å². The van der Waals surface area contributed by atoms with E-state index in [0.29, 0.717) is 19.3 Å². The molecule has 6 heteroatoms. The third-order valence-electron chi connectivity index (χ3n) is 10.4. The molecule has 0 saturated heterocycles. The molecule has 0 N–H and O–H groups in total. The van der Waals surface area contributed by atoms with Crippen molar-refractivity contribution in [1.82, 2.24) is 0 Å². The van der Waals surface area contributed by atoms with Gasteiger partial charge in [-0.2, -0.15) is 0 Å². The highest BCUT2D eigenvalue weighted by Gasteiger charge is 2.19. The molecule has 0 aliphatic rings. The van der Waals surface area contributed by atoms with Crippen molar-refractivity contribution in [2.45, 2.75) is 200 Å². The predicted octanol–water partition coefficient (Wildman–Crippen LogP) is 18.4. The van der Waals surface area contributed by atoms with Gasteiger partial charge in [-0.25, -0.2) is 0 Å². The first-order valence-corrected chi connectivity index (χ1v) is 27.1. The van der Waals surface area contributed by atoms with E-state index >= 15 is 0 Å². The first-order chi connectivity index (χ1) is 34.5. The zero-order valence-corrected chi connectivity index (χ0v) is 44.2. The zero-order valence-electron chi connectivity index (χ0n) is 44.2. The molecule has 0 aromatic heterocycles. The Hall–Kier alpha value is -5.23. The van der Waals surface area contributed by atoms with Gasteiger partial charge >= 0.3 is 17.9 Å². The maximum atomic E-state index is 12.7.